The van der Waals surface area contributed by atoms with E-state index in [-0.39, 0.29) is 0 Å². The van der Waals surface area contributed by atoms with E-state index in [9.17, 15) is 0 Å². The average Bonchev–Trinajstić information content (AvgIpc) is 3.13. The van der Waals surface area contributed by atoms with Crippen molar-refractivity contribution in [1.82, 2.24) is 5.32 Å². The molecular weight excluding hydrogens is 266 g/mol. The second-order valence-electron chi connectivity index (χ2n) is 4.74. The van der Waals surface area contributed by atoms with Gasteiger partial charge in [0, 0.05) is 22.5 Å². The Morgan fingerprint density at radius 3 is 2.56 bits per heavy atom. The maximum absolute atomic E-state index is 5.58. The number of halogens is 1. The highest BCUT2D eigenvalue weighted by molar-refractivity contribution is 9.10. The smallest absolute Gasteiger partial charge is 0.0629 e. The SMILES string of the molecule is Brc1ccc(C2(C3COCCN3)CC2)cc1. The summed E-state index contributed by atoms with van der Waals surface area (Å²) in [6, 6.07) is 9.27. The van der Waals surface area contributed by atoms with Crippen LogP contribution in [0.4, 0.5) is 0 Å². The van der Waals surface area contributed by atoms with Crippen LogP contribution in [0, 0.1) is 0 Å². The molecule has 16 heavy (non-hydrogen) atoms. The highest BCUT2D eigenvalue weighted by atomic mass is 79.9. The molecule has 0 radical (unpaired) electrons. The predicted octanol–water partition coefficient (Wildman–Crippen LogP) is 2.47. The van der Waals surface area contributed by atoms with Gasteiger partial charge in [-0.25, -0.2) is 0 Å². The molecule has 2 aliphatic rings. The zero-order chi connectivity index (χ0) is 11.0. The van der Waals surface area contributed by atoms with Gasteiger partial charge in [-0.05, 0) is 30.5 Å². The van der Waals surface area contributed by atoms with E-state index in [4.69, 9.17) is 4.74 Å². The molecule has 2 nitrogen and oxygen atoms in total. The number of hydrogen-bond acceptors (Lipinski definition) is 2. The molecule has 1 unspecified atom stereocenters. The molecule has 1 heterocycles. The quantitative estimate of drug-likeness (QED) is 0.899. The topological polar surface area (TPSA) is 21.3 Å². The zero-order valence-electron chi connectivity index (χ0n) is 9.21. The molecule has 1 N–H and O–H groups in total. The van der Waals surface area contributed by atoms with Crippen molar-refractivity contribution in [1.29, 1.82) is 0 Å². The summed E-state index contributed by atoms with van der Waals surface area (Å²) < 4.78 is 6.73. The van der Waals surface area contributed by atoms with Crippen LogP contribution in [0.2, 0.25) is 0 Å². The minimum Gasteiger partial charge on any atom is -0.378 e. The van der Waals surface area contributed by atoms with E-state index in [0.717, 1.165) is 24.2 Å². The fraction of sp³-hybridized carbons (Fsp3) is 0.538. The monoisotopic (exact) mass is 281 g/mol. The molecule has 2 fully saturated rings. The van der Waals surface area contributed by atoms with Crippen LogP contribution in [0.1, 0.15) is 18.4 Å². The fourth-order valence-electron chi connectivity index (χ4n) is 2.68. The third-order valence-corrected chi connectivity index (χ3v) is 4.33. The van der Waals surface area contributed by atoms with Crippen molar-refractivity contribution in [2.75, 3.05) is 19.8 Å². The molecule has 3 heteroatoms. The summed E-state index contributed by atoms with van der Waals surface area (Å²) in [4.78, 5) is 0. The van der Waals surface area contributed by atoms with Crippen molar-refractivity contribution in [2.45, 2.75) is 24.3 Å². The lowest BCUT2D eigenvalue weighted by atomic mass is 9.88. The lowest BCUT2D eigenvalue weighted by Gasteiger charge is -2.32. The molecule has 0 amide bonds. The average molecular weight is 282 g/mol. The number of morpholine rings is 1. The van der Waals surface area contributed by atoms with E-state index in [0.29, 0.717) is 11.5 Å². The van der Waals surface area contributed by atoms with Crippen LogP contribution in [-0.2, 0) is 10.2 Å². The van der Waals surface area contributed by atoms with Gasteiger partial charge >= 0.3 is 0 Å². The van der Waals surface area contributed by atoms with Crippen LogP contribution in [0.15, 0.2) is 28.7 Å². The second kappa shape index (κ2) is 4.13. The molecule has 1 saturated carbocycles. The van der Waals surface area contributed by atoms with E-state index in [1.54, 1.807) is 0 Å². The van der Waals surface area contributed by atoms with Gasteiger partial charge in [-0.15, -0.1) is 0 Å². The van der Waals surface area contributed by atoms with Crippen LogP contribution in [0.5, 0.6) is 0 Å². The molecule has 86 valence electrons. The van der Waals surface area contributed by atoms with Gasteiger partial charge in [-0.1, -0.05) is 28.1 Å². The van der Waals surface area contributed by atoms with Gasteiger partial charge in [0.15, 0.2) is 0 Å². The van der Waals surface area contributed by atoms with Gasteiger partial charge in [0.05, 0.1) is 13.2 Å². The Balaban J connectivity index is 1.84. The summed E-state index contributed by atoms with van der Waals surface area (Å²) >= 11 is 3.49. The first-order valence-electron chi connectivity index (χ1n) is 5.88. The molecule has 1 aliphatic heterocycles. The Hall–Kier alpha value is -0.380. The summed E-state index contributed by atoms with van der Waals surface area (Å²) in [5.74, 6) is 0. The highest BCUT2D eigenvalue weighted by Crippen LogP contribution is 2.51. The number of nitrogens with one attached hydrogen (secondary N) is 1. The van der Waals surface area contributed by atoms with Crippen LogP contribution in [0.25, 0.3) is 0 Å². The second-order valence-corrected chi connectivity index (χ2v) is 5.66. The van der Waals surface area contributed by atoms with Gasteiger partial charge in [0.25, 0.3) is 0 Å². The summed E-state index contributed by atoms with van der Waals surface area (Å²) in [6.45, 7) is 2.70. The maximum atomic E-state index is 5.58. The van der Waals surface area contributed by atoms with Gasteiger partial charge in [0.1, 0.15) is 0 Å². The molecule has 1 aliphatic carbocycles. The Kier molecular flexibility index (Phi) is 2.78. The molecule has 3 rings (SSSR count). The standard InChI is InChI=1S/C13H16BrNO/c14-11-3-1-10(2-4-11)13(5-6-13)12-9-16-8-7-15-12/h1-4,12,15H,5-9H2. The van der Waals surface area contributed by atoms with E-state index in [2.05, 4.69) is 45.5 Å². The van der Waals surface area contributed by atoms with Crippen LogP contribution >= 0.6 is 15.9 Å². The Labute approximate surface area is 105 Å². The molecule has 1 saturated heterocycles. The lowest BCUT2D eigenvalue weighted by Crippen LogP contribution is -2.48. The summed E-state index contributed by atoms with van der Waals surface area (Å²) in [7, 11) is 0. The number of benzene rings is 1. The number of ether oxygens (including phenoxy) is 1. The normalized spacial score (nSPS) is 27.7. The van der Waals surface area contributed by atoms with Gasteiger partial charge in [-0.2, -0.15) is 0 Å². The van der Waals surface area contributed by atoms with Crippen LogP contribution in [0.3, 0.4) is 0 Å². The third kappa shape index (κ3) is 1.81. The van der Waals surface area contributed by atoms with E-state index < -0.39 is 0 Å². The molecule has 0 bridgehead atoms. The van der Waals surface area contributed by atoms with Crippen molar-refractivity contribution >= 4 is 15.9 Å². The molecule has 0 spiro atoms. The highest BCUT2D eigenvalue weighted by Gasteiger charge is 2.50. The first-order chi connectivity index (χ1) is 7.81. The lowest BCUT2D eigenvalue weighted by molar-refractivity contribution is 0.0641. The van der Waals surface area contributed by atoms with Gasteiger partial charge in [0.2, 0.25) is 0 Å². The number of rotatable bonds is 2. The van der Waals surface area contributed by atoms with E-state index >= 15 is 0 Å². The maximum Gasteiger partial charge on any atom is 0.0629 e. The van der Waals surface area contributed by atoms with Gasteiger partial charge < -0.3 is 10.1 Å². The first kappa shape index (κ1) is 10.8. The Morgan fingerprint density at radius 1 is 1.25 bits per heavy atom. The van der Waals surface area contributed by atoms with Crippen LogP contribution in [-0.4, -0.2) is 25.8 Å². The fourth-order valence-corrected chi connectivity index (χ4v) is 2.94. The molecule has 1 aromatic carbocycles. The van der Waals surface area contributed by atoms with Gasteiger partial charge in [-0.3, -0.25) is 0 Å². The van der Waals surface area contributed by atoms with Crippen molar-refractivity contribution < 1.29 is 4.74 Å². The Bertz CT molecular complexity index is 366. The molecule has 1 aromatic rings. The van der Waals surface area contributed by atoms with Crippen molar-refractivity contribution in [3.05, 3.63) is 34.3 Å². The number of hydrogen-bond donors (Lipinski definition) is 1. The van der Waals surface area contributed by atoms with Crippen molar-refractivity contribution in [3.63, 3.8) is 0 Å². The molecular formula is C13H16BrNO. The summed E-state index contributed by atoms with van der Waals surface area (Å²) in [5.41, 5.74) is 1.81. The third-order valence-electron chi connectivity index (χ3n) is 3.80. The first-order valence-corrected chi connectivity index (χ1v) is 6.68. The predicted molar refractivity (Wildman–Crippen MR) is 67.7 cm³/mol. The van der Waals surface area contributed by atoms with E-state index in [1.807, 2.05) is 0 Å². The minimum absolute atomic E-state index is 0.348. The van der Waals surface area contributed by atoms with Crippen molar-refractivity contribution in [3.8, 4) is 0 Å². The minimum atomic E-state index is 0.348. The summed E-state index contributed by atoms with van der Waals surface area (Å²) in [5, 5.41) is 3.60. The largest absolute Gasteiger partial charge is 0.378 e. The zero-order valence-corrected chi connectivity index (χ0v) is 10.8. The van der Waals surface area contributed by atoms with Crippen molar-refractivity contribution in [2.24, 2.45) is 0 Å². The summed E-state index contributed by atoms with van der Waals surface area (Å²) in [6.07, 6.45) is 2.57. The van der Waals surface area contributed by atoms with Crippen LogP contribution < -0.4 is 5.32 Å². The van der Waals surface area contributed by atoms with E-state index in [1.165, 1.54) is 18.4 Å². The molecule has 0 aromatic heterocycles. The Morgan fingerprint density at radius 2 is 2.00 bits per heavy atom. The molecule has 1 atom stereocenters.